The van der Waals surface area contributed by atoms with Crippen molar-refractivity contribution >= 4 is 32.2 Å². The van der Waals surface area contributed by atoms with E-state index < -0.39 is 9.84 Å². The monoisotopic (exact) mass is 305 g/mol. The van der Waals surface area contributed by atoms with E-state index in [1.165, 1.54) is 0 Å². The van der Waals surface area contributed by atoms with Crippen molar-refractivity contribution in [3.8, 4) is 0 Å². The molecule has 1 saturated carbocycles. The lowest BCUT2D eigenvalue weighted by atomic mass is 9.97. The highest BCUT2D eigenvalue weighted by Gasteiger charge is 2.28. The van der Waals surface area contributed by atoms with Crippen LogP contribution in [0.25, 0.3) is 0 Å². The molecule has 0 spiro atoms. The Morgan fingerprint density at radius 1 is 1.47 bits per heavy atom. The number of nitrogens with two attached hydrogens (primary N) is 1. The van der Waals surface area contributed by atoms with Gasteiger partial charge in [0.15, 0.2) is 15.7 Å². The van der Waals surface area contributed by atoms with E-state index in [9.17, 15) is 13.5 Å². The zero-order chi connectivity index (χ0) is 14.0. The van der Waals surface area contributed by atoms with E-state index in [2.05, 4.69) is 9.69 Å². The quantitative estimate of drug-likeness (QED) is 0.748. The van der Waals surface area contributed by atoms with Gasteiger partial charge in [-0.25, -0.2) is 8.42 Å². The average molecular weight is 305 g/mol. The zero-order valence-electron chi connectivity index (χ0n) is 10.8. The van der Waals surface area contributed by atoms with Gasteiger partial charge < -0.3 is 16.2 Å². The molecule has 1 heterocycles. The summed E-state index contributed by atoms with van der Waals surface area (Å²) < 4.78 is 27.2. The lowest BCUT2D eigenvalue weighted by Crippen LogP contribution is -2.21. The molecular weight excluding hydrogens is 286 g/mol. The van der Waals surface area contributed by atoms with Gasteiger partial charge in [0.2, 0.25) is 0 Å². The molecule has 2 rings (SSSR count). The fraction of sp³-hybridized carbons (Fsp3) is 0.727. The average Bonchev–Trinajstić information content (AvgIpc) is 2.91. The molecule has 1 aromatic heterocycles. The largest absolute Gasteiger partial charge is 0.396 e. The first kappa shape index (κ1) is 14.5. The molecule has 0 saturated heterocycles. The number of rotatable bonds is 5. The third-order valence-corrected chi connectivity index (χ3v) is 5.72. The van der Waals surface area contributed by atoms with E-state index in [4.69, 9.17) is 5.73 Å². The molecule has 1 aliphatic rings. The molecule has 1 fully saturated rings. The van der Waals surface area contributed by atoms with E-state index in [0.29, 0.717) is 23.4 Å². The second kappa shape index (κ2) is 5.64. The summed E-state index contributed by atoms with van der Waals surface area (Å²) in [6, 6.07) is 0. The minimum Gasteiger partial charge on any atom is -0.396 e. The molecule has 19 heavy (non-hydrogen) atoms. The molecule has 0 aromatic carbocycles. The van der Waals surface area contributed by atoms with E-state index in [1.54, 1.807) is 0 Å². The Kier molecular flexibility index (Phi) is 4.32. The summed E-state index contributed by atoms with van der Waals surface area (Å²) in [4.78, 5) is 0.0936. The minimum absolute atomic E-state index is 0.0557. The Morgan fingerprint density at radius 2 is 2.16 bits per heavy atom. The van der Waals surface area contributed by atoms with Gasteiger partial charge in [0.25, 0.3) is 0 Å². The molecule has 2 unspecified atom stereocenters. The number of anilines is 2. The topological polar surface area (TPSA) is 105 Å². The molecule has 4 N–H and O–H groups in total. The molecule has 0 amide bonds. The zero-order valence-corrected chi connectivity index (χ0v) is 12.4. The number of aliphatic hydroxyl groups is 1. The third-order valence-electron chi connectivity index (χ3n) is 3.62. The second-order valence-electron chi connectivity index (χ2n) is 5.01. The predicted octanol–water partition coefficient (Wildman–Crippen LogP) is 0.949. The standard InChI is InChI=1S/C11H19N3O3S2/c1-19(16,17)9-10(12)14-18-11(9)13-5-7-3-2-4-8(7)6-15/h7-8,13,15H,2-6H2,1H3,(H2,12,14). The SMILES string of the molecule is CS(=O)(=O)c1c(N)nsc1NCC1CCCC1CO. The van der Waals surface area contributed by atoms with Gasteiger partial charge in [-0.15, -0.1) is 0 Å². The van der Waals surface area contributed by atoms with Crippen molar-refractivity contribution in [1.82, 2.24) is 4.37 Å². The van der Waals surface area contributed by atoms with E-state index in [1.807, 2.05) is 0 Å². The molecule has 8 heteroatoms. The number of hydrogen-bond acceptors (Lipinski definition) is 7. The maximum atomic E-state index is 11.7. The lowest BCUT2D eigenvalue weighted by Gasteiger charge is -2.18. The smallest absolute Gasteiger partial charge is 0.182 e. The minimum atomic E-state index is -3.37. The van der Waals surface area contributed by atoms with Crippen LogP contribution in [0.5, 0.6) is 0 Å². The molecule has 108 valence electrons. The maximum absolute atomic E-state index is 11.7. The van der Waals surface area contributed by atoms with Gasteiger partial charge in [-0.3, -0.25) is 0 Å². The fourth-order valence-electron chi connectivity index (χ4n) is 2.61. The van der Waals surface area contributed by atoms with Crippen LogP contribution in [0.15, 0.2) is 4.90 Å². The Hall–Kier alpha value is -0.860. The van der Waals surface area contributed by atoms with E-state index in [0.717, 1.165) is 37.1 Å². The number of aliphatic hydroxyl groups excluding tert-OH is 1. The van der Waals surface area contributed by atoms with Gasteiger partial charge in [-0.1, -0.05) is 6.42 Å². The summed E-state index contributed by atoms with van der Waals surface area (Å²) in [7, 11) is -3.37. The van der Waals surface area contributed by atoms with Gasteiger partial charge in [-0.05, 0) is 36.2 Å². The summed E-state index contributed by atoms with van der Waals surface area (Å²) in [6.07, 6.45) is 4.33. The fourth-order valence-corrected chi connectivity index (χ4v) is 4.69. The summed E-state index contributed by atoms with van der Waals surface area (Å²) in [5, 5.41) is 12.9. The maximum Gasteiger partial charge on any atom is 0.182 e. The van der Waals surface area contributed by atoms with Crippen molar-refractivity contribution in [2.45, 2.75) is 24.2 Å². The van der Waals surface area contributed by atoms with E-state index >= 15 is 0 Å². The van der Waals surface area contributed by atoms with Crippen LogP contribution in [0.3, 0.4) is 0 Å². The van der Waals surface area contributed by atoms with Crippen molar-refractivity contribution in [3.63, 3.8) is 0 Å². The first-order chi connectivity index (χ1) is 8.93. The highest BCUT2D eigenvalue weighted by molar-refractivity contribution is 7.91. The molecule has 0 radical (unpaired) electrons. The molecule has 2 atom stereocenters. The van der Waals surface area contributed by atoms with Gasteiger partial charge in [-0.2, -0.15) is 4.37 Å². The predicted molar refractivity (Wildman–Crippen MR) is 76.0 cm³/mol. The van der Waals surface area contributed by atoms with Crippen LogP contribution in [0.1, 0.15) is 19.3 Å². The molecule has 1 aromatic rings. The Balaban J connectivity index is 2.08. The highest BCUT2D eigenvalue weighted by atomic mass is 32.2. The van der Waals surface area contributed by atoms with Gasteiger partial charge >= 0.3 is 0 Å². The first-order valence-electron chi connectivity index (χ1n) is 6.23. The summed E-state index contributed by atoms with van der Waals surface area (Å²) in [6.45, 7) is 0.839. The lowest BCUT2D eigenvalue weighted by molar-refractivity contribution is 0.199. The number of sulfone groups is 1. The highest BCUT2D eigenvalue weighted by Crippen LogP contribution is 2.34. The summed E-state index contributed by atoms with van der Waals surface area (Å²) in [5.41, 5.74) is 5.60. The van der Waals surface area contributed by atoms with Crippen LogP contribution in [0.4, 0.5) is 10.8 Å². The second-order valence-corrected chi connectivity index (χ2v) is 7.74. The molecule has 6 nitrogen and oxygen atoms in total. The number of hydrogen-bond donors (Lipinski definition) is 3. The molecule has 0 aliphatic heterocycles. The summed E-state index contributed by atoms with van der Waals surface area (Å²) >= 11 is 1.07. The van der Waals surface area contributed by atoms with E-state index in [-0.39, 0.29) is 17.3 Å². The Labute approximate surface area is 117 Å². The van der Waals surface area contributed by atoms with Crippen molar-refractivity contribution in [2.75, 3.05) is 30.5 Å². The van der Waals surface area contributed by atoms with Gasteiger partial charge in [0.05, 0.1) is 0 Å². The molecular formula is C11H19N3O3S2. The summed E-state index contributed by atoms with van der Waals surface area (Å²) in [5.74, 6) is 0.736. The van der Waals surface area contributed by atoms with Crippen LogP contribution in [-0.2, 0) is 9.84 Å². The van der Waals surface area contributed by atoms with Crippen molar-refractivity contribution in [1.29, 1.82) is 0 Å². The van der Waals surface area contributed by atoms with Gasteiger partial charge in [0, 0.05) is 19.4 Å². The number of aromatic nitrogens is 1. The van der Waals surface area contributed by atoms with Crippen LogP contribution in [0, 0.1) is 11.8 Å². The van der Waals surface area contributed by atoms with Crippen molar-refractivity contribution < 1.29 is 13.5 Å². The van der Waals surface area contributed by atoms with Gasteiger partial charge in [0.1, 0.15) is 9.90 Å². The molecule has 0 bridgehead atoms. The van der Waals surface area contributed by atoms with Crippen LogP contribution < -0.4 is 11.1 Å². The normalized spacial score (nSPS) is 23.7. The third kappa shape index (κ3) is 3.18. The van der Waals surface area contributed by atoms with Crippen LogP contribution in [-0.4, -0.2) is 37.3 Å². The Bertz CT molecular complexity index is 541. The number of nitrogens with one attached hydrogen (secondary N) is 1. The number of nitrogens with zero attached hydrogens (tertiary/aromatic N) is 1. The van der Waals surface area contributed by atoms with Crippen LogP contribution >= 0.6 is 11.5 Å². The van der Waals surface area contributed by atoms with Crippen molar-refractivity contribution in [3.05, 3.63) is 0 Å². The van der Waals surface area contributed by atoms with Crippen molar-refractivity contribution in [2.24, 2.45) is 11.8 Å². The molecule has 1 aliphatic carbocycles. The first-order valence-corrected chi connectivity index (χ1v) is 8.90. The number of nitrogen functional groups attached to an aromatic ring is 1. The Morgan fingerprint density at radius 3 is 2.79 bits per heavy atom. The van der Waals surface area contributed by atoms with Crippen LogP contribution in [0.2, 0.25) is 0 Å².